The summed E-state index contributed by atoms with van der Waals surface area (Å²) in [5.41, 5.74) is 0.443. The standard InChI is InChI=1S/C23H36N2O5/c1-6-7-13-19(24-22(28)30-23(2,3)4)21(27)25(17-15-20(26)29-5)16-14-18-11-9-8-10-12-18/h8-12,19H,6-7,13-17H2,1-5H3,(H,24,28)/t19-/m0/s1. The average Bonchev–Trinajstić information content (AvgIpc) is 2.69. The molecule has 0 unspecified atom stereocenters. The molecular weight excluding hydrogens is 384 g/mol. The van der Waals surface area contributed by atoms with Crippen LogP contribution in [0.25, 0.3) is 0 Å². The summed E-state index contributed by atoms with van der Waals surface area (Å²) >= 11 is 0. The van der Waals surface area contributed by atoms with Gasteiger partial charge in [-0.2, -0.15) is 0 Å². The topological polar surface area (TPSA) is 84.9 Å². The lowest BCUT2D eigenvalue weighted by Gasteiger charge is -2.29. The van der Waals surface area contributed by atoms with Gasteiger partial charge in [0.2, 0.25) is 5.91 Å². The van der Waals surface area contributed by atoms with Gasteiger partial charge in [-0.3, -0.25) is 9.59 Å². The number of benzene rings is 1. The second kappa shape index (κ2) is 12.9. The van der Waals surface area contributed by atoms with Crippen LogP contribution in [0.15, 0.2) is 30.3 Å². The van der Waals surface area contributed by atoms with E-state index in [4.69, 9.17) is 9.47 Å². The number of unbranched alkanes of at least 4 members (excludes halogenated alkanes) is 1. The minimum atomic E-state index is -0.701. The van der Waals surface area contributed by atoms with Gasteiger partial charge in [-0.1, -0.05) is 50.1 Å². The maximum atomic E-state index is 13.3. The van der Waals surface area contributed by atoms with Crippen LogP contribution in [0.4, 0.5) is 4.79 Å². The smallest absolute Gasteiger partial charge is 0.408 e. The molecule has 0 aliphatic rings. The zero-order valence-electron chi connectivity index (χ0n) is 18.9. The summed E-state index contributed by atoms with van der Waals surface area (Å²) in [5, 5.41) is 2.72. The van der Waals surface area contributed by atoms with Crippen LogP contribution in [-0.2, 0) is 25.5 Å². The molecule has 30 heavy (non-hydrogen) atoms. The molecule has 1 atom stereocenters. The van der Waals surface area contributed by atoms with Gasteiger partial charge in [0.15, 0.2) is 0 Å². The number of methoxy groups -OCH3 is 1. The quantitative estimate of drug-likeness (QED) is 0.552. The van der Waals surface area contributed by atoms with Crippen molar-refractivity contribution < 1.29 is 23.9 Å². The first-order valence-electron chi connectivity index (χ1n) is 10.5. The third kappa shape index (κ3) is 10.3. The van der Waals surface area contributed by atoms with Gasteiger partial charge in [-0.05, 0) is 39.2 Å². The molecule has 0 spiro atoms. The lowest BCUT2D eigenvalue weighted by atomic mass is 10.1. The molecule has 0 radical (unpaired) electrons. The van der Waals surface area contributed by atoms with Gasteiger partial charge in [0.25, 0.3) is 0 Å². The highest BCUT2D eigenvalue weighted by Gasteiger charge is 2.28. The Balaban J connectivity index is 2.91. The fourth-order valence-corrected chi connectivity index (χ4v) is 2.91. The predicted octanol–water partition coefficient (Wildman–Crippen LogP) is 3.70. The summed E-state index contributed by atoms with van der Waals surface area (Å²) < 4.78 is 10.0. The first kappa shape index (κ1) is 25.5. The van der Waals surface area contributed by atoms with Crippen molar-refractivity contribution in [3.63, 3.8) is 0 Å². The third-order valence-electron chi connectivity index (χ3n) is 4.47. The molecule has 2 amide bonds. The molecule has 0 heterocycles. The van der Waals surface area contributed by atoms with Crippen molar-refractivity contribution in [3.8, 4) is 0 Å². The molecule has 1 rings (SSSR count). The van der Waals surface area contributed by atoms with Gasteiger partial charge in [-0.25, -0.2) is 4.79 Å². The van der Waals surface area contributed by atoms with Gasteiger partial charge in [0.1, 0.15) is 11.6 Å². The molecule has 0 saturated heterocycles. The molecule has 1 aromatic rings. The van der Waals surface area contributed by atoms with Crippen molar-refractivity contribution in [1.29, 1.82) is 0 Å². The van der Waals surface area contributed by atoms with Gasteiger partial charge >= 0.3 is 12.1 Å². The number of rotatable bonds is 11. The van der Waals surface area contributed by atoms with Crippen molar-refractivity contribution in [2.75, 3.05) is 20.2 Å². The van der Waals surface area contributed by atoms with Crippen molar-refractivity contribution in [2.45, 2.75) is 71.4 Å². The number of hydrogen-bond donors (Lipinski definition) is 1. The maximum Gasteiger partial charge on any atom is 0.408 e. The Bertz CT molecular complexity index is 670. The van der Waals surface area contributed by atoms with Crippen LogP contribution in [0.3, 0.4) is 0 Å². The number of hydrogen-bond acceptors (Lipinski definition) is 5. The summed E-state index contributed by atoms with van der Waals surface area (Å²) in [6.07, 6.45) is 2.33. The summed E-state index contributed by atoms with van der Waals surface area (Å²) in [6.45, 7) is 8.03. The maximum absolute atomic E-state index is 13.3. The minimum Gasteiger partial charge on any atom is -0.469 e. The second-order valence-electron chi connectivity index (χ2n) is 8.23. The lowest BCUT2D eigenvalue weighted by Crippen LogP contribution is -2.50. The van der Waals surface area contributed by atoms with E-state index in [1.807, 2.05) is 37.3 Å². The number of ether oxygens (including phenoxy) is 2. The summed E-state index contributed by atoms with van der Waals surface area (Å²) in [6, 6.07) is 9.13. The summed E-state index contributed by atoms with van der Waals surface area (Å²) in [7, 11) is 1.33. The highest BCUT2D eigenvalue weighted by molar-refractivity contribution is 5.86. The second-order valence-corrected chi connectivity index (χ2v) is 8.23. The molecule has 7 heteroatoms. The Labute approximate surface area is 180 Å². The van der Waals surface area contributed by atoms with Crippen molar-refractivity contribution in [1.82, 2.24) is 10.2 Å². The number of carbonyl (C=O) groups is 3. The van der Waals surface area contributed by atoms with Crippen LogP contribution in [0.2, 0.25) is 0 Å². The van der Waals surface area contributed by atoms with Crippen LogP contribution >= 0.6 is 0 Å². The molecule has 0 fully saturated rings. The monoisotopic (exact) mass is 420 g/mol. The molecule has 0 aliphatic heterocycles. The molecule has 1 aromatic carbocycles. The fraction of sp³-hybridized carbons (Fsp3) is 0.609. The molecule has 1 N–H and O–H groups in total. The van der Waals surface area contributed by atoms with Gasteiger partial charge in [0.05, 0.1) is 13.5 Å². The molecule has 7 nitrogen and oxygen atoms in total. The Morgan fingerprint density at radius 3 is 2.33 bits per heavy atom. The van der Waals surface area contributed by atoms with Crippen LogP contribution in [0, 0.1) is 0 Å². The van der Waals surface area contributed by atoms with Crippen molar-refractivity contribution >= 4 is 18.0 Å². The van der Waals surface area contributed by atoms with Crippen LogP contribution in [-0.4, -0.2) is 54.7 Å². The van der Waals surface area contributed by atoms with Crippen LogP contribution in [0.1, 0.15) is 58.9 Å². The van der Waals surface area contributed by atoms with E-state index in [1.54, 1.807) is 25.7 Å². The zero-order valence-corrected chi connectivity index (χ0v) is 18.9. The zero-order chi connectivity index (χ0) is 22.6. The van der Waals surface area contributed by atoms with Gasteiger partial charge in [-0.15, -0.1) is 0 Å². The number of esters is 1. The van der Waals surface area contributed by atoms with E-state index >= 15 is 0 Å². The summed E-state index contributed by atoms with van der Waals surface area (Å²) in [5.74, 6) is -0.591. The molecule has 0 saturated carbocycles. The number of amides is 2. The van der Waals surface area contributed by atoms with Crippen LogP contribution in [0.5, 0.6) is 0 Å². The Morgan fingerprint density at radius 2 is 1.77 bits per heavy atom. The largest absolute Gasteiger partial charge is 0.469 e. The third-order valence-corrected chi connectivity index (χ3v) is 4.47. The minimum absolute atomic E-state index is 0.101. The van der Waals surface area contributed by atoms with E-state index < -0.39 is 17.7 Å². The molecular formula is C23H36N2O5. The lowest BCUT2D eigenvalue weighted by molar-refractivity contribution is -0.142. The molecule has 0 bridgehead atoms. The highest BCUT2D eigenvalue weighted by Crippen LogP contribution is 2.11. The number of alkyl carbamates (subject to hydrolysis) is 1. The first-order chi connectivity index (χ1) is 14.2. The van der Waals surface area contributed by atoms with Gasteiger partial charge in [0, 0.05) is 13.1 Å². The first-order valence-corrected chi connectivity index (χ1v) is 10.5. The number of nitrogens with one attached hydrogen (secondary N) is 1. The van der Waals surface area contributed by atoms with Gasteiger partial charge < -0.3 is 19.7 Å². The van der Waals surface area contributed by atoms with Crippen LogP contribution < -0.4 is 5.32 Å². The Kier molecular flexibility index (Phi) is 10.9. The van der Waals surface area contributed by atoms with E-state index in [0.29, 0.717) is 19.4 Å². The summed E-state index contributed by atoms with van der Waals surface area (Å²) in [4.78, 5) is 38.8. The Morgan fingerprint density at radius 1 is 1.10 bits per heavy atom. The number of nitrogens with zero attached hydrogens (tertiary/aromatic N) is 1. The molecule has 0 aliphatic carbocycles. The average molecular weight is 421 g/mol. The normalized spacial score (nSPS) is 12.0. The van der Waals surface area contributed by atoms with Crippen molar-refractivity contribution in [3.05, 3.63) is 35.9 Å². The van der Waals surface area contributed by atoms with Crippen molar-refractivity contribution in [2.24, 2.45) is 0 Å². The Hall–Kier alpha value is -2.57. The van der Waals surface area contributed by atoms with E-state index in [2.05, 4.69) is 5.32 Å². The van der Waals surface area contributed by atoms with E-state index in [0.717, 1.165) is 18.4 Å². The van der Waals surface area contributed by atoms with E-state index in [-0.39, 0.29) is 24.8 Å². The molecule has 0 aromatic heterocycles. The molecule has 168 valence electrons. The number of carbonyl (C=O) groups excluding carboxylic acids is 3. The predicted molar refractivity (Wildman–Crippen MR) is 116 cm³/mol. The SMILES string of the molecule is CCCC[C@H](NC(=O)OC(C)(C)C)C(=O)N(CCC(=O)OC)CCc1ccccc1. The van der Waals surface area contributed by atoms with E-state index in [9.17, 15) is 14.4 Å². The highest BCUT2D eigenvalue weighted by atomic mass is 16.6. The fourth-order valence-electron chi connectivity index (χ4n) is 2.91. The van der Waals surface area contributed by atoms with E-state index in [1.165, 1.54) is 7.11 Å².